The van der Waals surface area contributed by atoms with Crippen molar-refractivity contribution in [3.05, 3.63) is 96.1 Å². The topological polar surface area (TPSA) is 149 Å². The average molecular weight is 801 g/mol. The molecule has 4 aliphatic heterocycles. The zero-order chi connectivity index (χ0) is 39.9. The smallest absolute Gasteiger partial charge is 0.488 e. The molecule has 5 aromatic rings. The van der Waals surface area contributed by atoms with E-state index >= 15 is 0 Å². The van der Waals surface area contributed by atoms with Gasteiger partial charge in [0.15, 0.2) is 5.75 Å². The van der Waals surface area contributed by atoms with E-state index < -0.39 is 13.2 Å². The number of imide groups is 1. The molecule has 0 bridgehead atoms. The number of piperidine rings is 1. The fraction of sp³-hybridized carbons (Fsp3) is 0.326. The minimum Gasteiger partial charge on any atom is -0.508 e. The Labute approximate surface area is 340 Å². The highest BCUT2D eigenvalue weighted by Gasteiger charge is 2.39. The molecule has 15 heteroatoms. The van der Waals surface area contributed by atoms with E-state index in [1.165, 1.54) is 11.3 Å². The predicted molar refractivity (Wildman–Crippen MR) is 225 cm³/mol. The summed E-state index contributed by atoms with van der Waals surface area (Å²) >= 11 is 1.52. The molecular weight excluding hydrogens is 755 g/mol. The first-order valence-corrected chi connectivity index (χ1v) is 20.7. The van der Waals surface area contributed by atoms with E-state index in [1.54, 1.807) is 29.2 Å². The van der Waals surface area contributed by atoms with Gasteiger partial charge in [-0.15, -0.1) is 11.3 Å². The van der Waals surface area contributed by atoms with Crippen LogP contribution in [-0.2, 0) is 16.1 Å². The van der Waals surface area contributed by atoms with Gasteiger partial charge >= 0.3 is 7.12 Å². The van der Waals surface area contributed by atoms with Crippen LogP contribution in [0.4, 0.5) is 11.4 Å². The number of nitrogens with one attached hydrogen (secondary N) is 1. The summed E-state index contributed by atoms with van der Waals surface area (Å²) in [5.74, 6) is 0.785. The van der Waals surface area contributed by atoms with Crippen LogP contribution in [0.2, 0.25) is 0 Å². The molecule has 3 fully saturated rings. The van der Waals surface area contributed by atoms with Gasteiger partial charge in [0.25, 0.3) is 5.91 Å². The Morgan fingerprint density at radius 1 is 0.759 bits per heavy atom. The molecule has 0 aliphatic carbocycles. The number of carbonyl (C=O) groups is 3. The van der Waals surface area contributed by atoms with Crippen LogP contribution < -0.4 is 25.3 Å². The van der Waals surface area contributed by atoms with E-state index in [0.717, 1.165) is 103 Å². The fourth-order valence-electron chi connectivity index (χ4n) is 8.50. The Kier molecular flexibility index (Phi) is 10.6. The first-order chi connectivity index (χ1) is 28.2. The molecule has 298 valence electrons. The zero-order valence-corrected chi connectivity index (χ0v) is 32.9. The molecule has 3 saturated heterocycles. The van der Waals surface area contributed by atoms with E-state index in [0.29, 0.717) is 35.5 Å². The van der Waals surface area contributed by atoms with Gasteiger partial charge < -0.3 is 34.6 Å². The number of anilines is 2. The van der Waals surface area contributed by atoms with Crippen molar-refractivity contribution in [2.24, 2.45) is 0 Å². The first-order valence-electron chi connectivity index (χ1n) is 19.9. The number of hydrogen-bond donors (Lipinski definition) is 4. The maximum absolute atomic E-state index is 13.1. The molecule has 0 spiro atoms. The minimum absolute atomic E-state index is 0.140. The summed E-state index contributed by atoms with van der Waals surface area (Å²) in [6.45, 7) is 10.1. The number of phenolic OH excluding ortho intramolecular Hbond substituents is 1. The second-order valence-corrected chi connectivity index (χ2v) is 16.5. The van der Waals surface area contributed by atoms with Gasteiger partial charge in [-0.3, -0.25) is 29.5 Å². The third kappa shape index (κ3) is 7.75. The van der Waals surface area contributed by atoms with Crippen LogP contribution in [0.5, 0.6) is 17.2 Å². The van der Waals surface area contributed by atoms with Gasteiger partial charge in [0.2, 0.25) is 11.8 Å². The first kappa shape index (κ1) is 38.1. The summed E-state index contributed by atoms with van der Waals surface area (Å²) in [4.78, 5) is 49.6. The Hall–Kier alpha value is -5.45. The Morgan fingerprint density at radius 2 is 1.41 bits per heavy atom. The number of phenols is 1. The maximum atomic E-state index is 13.1. The average Bonchev–Trinajstić information content (AvgIpc) is 3.76. The van der Waals surface area contributed by atoms with Gasteiger partial charge in [-0.05, 0) is 83.7 Å². The lowest BCUT2D eigenvalue weighted by Gasteiger charge is -2.39. The van der Waals surface area contributed by atoms with Crippen LogP contribution >= 0.6 is 11.3 Å². The Bertz CT molecular complexity index is 2340. The highest BCUT2D eigenvalue weighted by molar-refractivity contribution is 7.22. The monoisotopic (exact) mass is 800 g/mol. The number of carbonyl (C=O) groups excluding carboxylic acids is 3. The van der Waals surface area contributed by atoms with Crippen molar-refractivity contribution < 1.29 is 34.3 Å². The van der Waals surface area contributed by atoms with E-state index in [9.17, 15) is 29.5 Å². The van der Waals surface area contributed by atoms with E-state index in [4.69, 9.17) is 4.74 Å². The van der Waals surface area contributed by atoms with Crippen LogP contribution in [0.1, 0.15) is 28.8 Å². The summed E-state index contributed by atoms with van der Waals surface area (Å²) in [7, 11) is -1.54. The van der Waals surface area contributed by atoms with Crippen LogP contribution in [0, 0.1) is 0 Å². The third-order valence-corrected chi connectivity index (χ3v) is 13.1. The maximum Gasteiger partial charge on any atom is 0.488 e. The van der Waals surface area contributed by atoms with Crippen molar-refractivity contribution in [1.29, 1.82) is 0 Å². The number of ether oxygens (including phenoxy) is 1. The van der Waals surface area contributed by atoms with Gasteiger partial charge in [0.05, 0.1) is 4.88 Å². The molecular formula is C43H45BN6O7S. The number of thiophene rings is 1. The molecule has 4 aromatic carbocycles. The number of aromatic hydroxyl groups is 1. The third-order valence-electron chi connectivity index (χ3n) is 11.9. The predicted octanol–water partition coefficient (Wildman–Crippen LogP) is 3.45. The van der Waals surface area contributed by atoms with E-state index in [1.807, 2.05) is 42.5 Å². The SMILES string of the molecule is O=C1CCC(N2Cc3cc(N4CCN(CCN5CCN(c6ccc(Oc7c(-c8ccc(B(O)O)cc8)sc8cc(O)ccc78)cc6)CC5)CC4)ccc3C2=O)C(=O)N1. The van der Waals surface area contributed by atoms with Crippen molar-refractivity contribution in [3.63, 3.8) is 0 Å². The molecule has 3 amide bonds. The van der Waals surface area contributed by atoms with Crippen molar-refractivity contribution >= 4 is 63.1 Å². The lowest BCUT2D eigenvalue weighted by atomic mass is 9.80. The molecule has 4 N–H and O–H groups in total. The molecule has 13 nitrogen and oxygen atoms in total. The second-order valence-electron chi connectivity index (χ2n) is 15.4. The summed E-state index contributed by atoms with van der Waals surface area (Å²) in [6.07, 6.45) is 0.614. The lowest BCUT2D eigenvalue weighted by Crippen LogP contribution is -2.52. The van der Waals surface area contributed by atoms with Crippen molar-refractivity contribution in [2.75, 3.05) is 75.2 Å². The van der Waals surface area contributed by atoms with Crippen LogP contribution in [0.3, 0.4) is 0 Å². The van der Waals surface area contributed by atoms with Crippen molar-refractivity contribution in [2.45, 2.75) is 25.4 Å². The molecule has 5 heterocycles. The number of hydrogen-bond acceptors (Lipinski definition) is 12. The van der Waals surface area contributed by atoms with E-state index in [2.05, 4.69) is 43.1 Å². The number of benzene rings is 4. The second kappa shape index (κ2) is 16.1. The standard InChI is InChI=1S/C43H45BN6O7S/c51-33-8-12-36-38(26-33)58-41(28-1-3-30(4-2-28)44(55)56)40(36)57-34-9-5-31(6-10-34)48-21-17-46(18-22-48)15-16-47-19-23-49(24-20-47)32-7-11-35-29(25-32)27-50(43(35)54)37-13-14-39(52)45-42(37)53/h1-12,25-26,37,51,55-56H,13-24,27H2,(H,45,52,53). The minimum atomic E-state index is -1.54. The number of rotatable bonds is 10. The Morgan fingerprint density at radius 3 is 2.07 bits per heavy atom. The Balaban J connectivity index is 0.750. The largest absolute Gasteiger partial charge is 0.508 e. The highest BCUT2D eigenvalue weighted by Crippen LogP contribution is 2.47. The van der Waals surface area contributed by atoms with Gasteiger partial charge in [0, 0.05) is 105 Å². The molecule has 1 atom stereocenters. The highest BCUT2D eigenvalue weighted by atomic mass is 32.1. The number of amides is 3. The van der Waals surface area contributed by atoms with Crippen LogP contribution in [0.15, 0.2) is 84.9 Å². The van der Waals surface area contributed by atoms with Gasteiger partial charge in [-0.1, -0.05) is 24.3 Å². The fourth-order valence-corrected chi connectivity index (χ4v) is 9.67. The van der Waals surface area contributed by atoms with Crippen LogP contribution in [-0.4, -0.2) is 126 Å². The summed E-state index contributed by atoms with van der Waals surface area (Å²) < 4.78 is 7.42. The van der Waals surface area contributed by atoms with Crippen molar-refractivity contribution in [1.82, 2.24) is 20.0 Å². The van der Waals surface area contributed by atoms with E-state index in [-0.39, 0.29) is 29.9 Å². The zero-order valence-electron chi connectivity index (χ0n) is 32.0. The molecule has 1 unspecified atom stereocenters. The molecule has 58 heavy (non-hydrogen) atoms. The van der Waals surface area contributed by atoms with Gasteiger partial charge in [-0.25, -0.2) is 0 Å². The molecule has 0 saturated carbocycles. The summed E-state index contributed by atoms with van der Waals surface area (Å²) in [6, 6.07) is 25.9. The normalized spacial score (nSPS) is 19.2. The van der Waals surface area contributed by atoms with Gasteiger partial charge in [-0.2, -0.15) is 0 Å². The lowest BCUT2D eigenvalue weighted by molar-refractivity contribution is -0.136. The molecule has 1 aromatic heterocycles. The molecule has 9 rings (SSSR count). The number of nitrogens with zero attached hydrogens (tertiary/aromatic N) is 5. The van der Waals surface area contributed by atoms with Gasteiger partial charge in [0.1, 0.15) is 17.5 Å². The summed E-state index contributed by atoms with van der Waals surface area (Å²) in [5, 5.41) is 32.5. The van der Waals surface area contributed by atoms with Crippen molar-refractivity contribution in [3.8, 4) is 27.7 Å². The quantitative estimate of drug-likeness (QED) is 0.122. The number of fused-ring (bicyclic) bond motifs is 2. The number of piperazine rings is 2. The molecule has 0 radical (unpaired) electrons. The summed E-state index contributed by atoms with van der Waals surface area (Å²) in [5.41, 5.74) is 5.13. The van der Waals surface area contributed by atoms with Crippen LogP contribution in [0.25, 0.3) is 20.5 Å². The molecule has 4 aliphatic rings.